The summed E-state index contributed by atoms with van der Waals surface area (Å²) in [6.07, 6.45) is 38.1. The number of nitrogens with zero attached hydrogens (tertiary/aromatic N) is 2. The Labute approximate surface area is 410 Å². The van der Waals surface area contributed by atoms with Crippen molar-refractivity contribution in [3.8, 4) is 0 Å². The number of carbonyl (C=O) groups is 3. The standard InChI is InChI=1S/C57H112N2O7/c1-8-15-19-24-32-40-52(41-33-25-20-16-9-2)55(60)63-49-38-30-23-28-36-44-54(66-57(62)65-51-48-59(14-7)47-46-58(12-5)13-6)45-37-29-31-39-50-64-56(61)53(42-34-26-21-17-10-3)43-35-27-22-18-11-4/h52-54H,8-51H2,1-7H3. The highest BCUT2D eigenvalue weighted by Gasteiger charge is 2.21. The van der Waals surface area contributed by atoms with Crippen molar-refractivity contribution in [2.24, 2.45) is 11.8 Å². The van der Waals surface area contributed by atoms with Crippen LogP contribution in [0.1, 0.15) is 273 Å². The van der Waals surface area contributed by atoms with Gasteiger partial charge in [0.1, 0.15) is 12.7 Å². The van der Waals surface area contributed by atoms with Crippen molar-refractivity contribution in [3.63, 3.8) is 0 Å². The van der Waals surface area contributed by atoms with Gasteiger partial charge in [-0.3, -0.25) is 14.5 Å². The molecule has 1 atom stereocenters. The molecule has 66 heavy (non-hydrogen) atoms. The molecule has 0 aromatic carbocycles. The van der Waals surface area contributed by atoms with E-state index in [1.807, 2.05) is 0 Å². The van der Waals surface area contributed by atoms with Crippen LogP contribution in [0.5, 0.6) is 0 Å². The first-order chi connectivity index (χ1) is 32.3. The molecule has 0 bridgehead atoms. The number of hydrogen-bond donors (Lipinski definition) is 0. The molecule has 0 spiro atoms. The fraction of sp³-hybridized carbons (Fsp3) is 0.947. The minimum Gasteiger partial charge on any atom is -0.465 e. The molecule has 0 saturated heterocycles. The summed E-state index contributed by atoms with van der Waals surface area (Å²) in [5.41, 5.74) is 0. The van der Waals surface area contributed by atoms with Gasteiger partial charge in [-0.15, -0.1) is 0 Å². The highest BCUT2D eigenvalue weighted by Crippen LogP contribution is 2.23. The van der Waals surface area contributed by atoms with Crippen molar-refractivity contribution in [1.29, 1.82) is 0 Å². The molecule has 1 unspecified atom stereocenters. The second-order valence-corrected chi connectivity index (χ2v) is 19.6. The monoisotopic (exact) mass is 937 g/mol. The van der Waals surface area contributed by atoms with Crippen LogP contribution in [0.25, 0.3) is 0 Å². The molecule has 0 aliphatic carbocycles. The van der Waals surface area contributed by atoms with Crippen LogP contribution in [0.2, 0.25) is 0 Å². The SMILES string of the molecule is CCCCCCCC(CCCCCCC)C(=O)OCCCCCCCC(CCCCCCOC(=O)C(CCCCCCC)CCCCCCC)OC(=O)OCCN(CC)CCN(CC)CC. The number of likely N-dealkylation sites (N-methyl/N-ethyl adjacent to an activating group) is 2. The summed E-state index contributed by atoms with van der Waals surface area (Å²) in [7, 11) is 0. The zero-order valence-electron chi connectivity index (χ0n) is 45.1. The van der Waals surface area contributed by atoms with E-state index in [4.69, 9.17) is 18.9 Å². The van der Waals surface area contributed by atoms with Gasteiger partial charge in [0, 0.05) is 19.6 Å². The lowest BCUT2D eigenvalue weighted by Crippen LogP contribution is -2.37. The van der Waals surface area contributed by atoms with Gasteiger partial charge in [-0.25, -0.2) is 4.79 Å². The van der Waals surface area contributed by atoms with Gasteiger partial charge in [-0.05, 0) is 83.8 Å². The zero-order valence-corrected chi connectivity index (χ0v) is 45.1. The minimum atomic E-state index is -0.556. The van der Waals surface area contributed by atoms with Crippen molar-refractivity contribution in [1.82, 2.24) is 9.80 Å². The van der Waals surface area contributed by atoms with Crippen LogP contribution in [0.4, 0.5) is 4.79 Å². The van der Waals surface area contributed by atoms with Crippen LogP contribution in [0.3, 0.4) is 0 Å². The van der Waals surface area contributed by atoms with Crippen molar-refractivity contribution >= 4 is 18.1 Å². The van der Waals surface area contributed by atoms with E-state index in [9.17, 15) is 14.4 Å². The molecule has 392 valence electrons. The molecule has 0 saturated carbocycles. The third kappa shape index (κ3) is 40.1. The molecular formula is C57H112N2O7. The molecule has 0 heterocycles. The fourth-order valence-corrected chi connectivity index (χ4v) is 9.09. The van der Waals surface area contributed by atoms with Crippen LogP contribution < -0.4 is 0 Å². The smallest absolute Gasteiger partial charge is 0.465 e. The first kappa shape index (κ1) is 64.1. The van der Waals surface area contributed by atoms with Gasteiger partial charge in [0.15, 0.2) is 0 Å². The fourth-order valence-electron chi connectivity index (χ4n) is 9.09. The van der Waals surface area contributed by atoms with Crippen LogP contribution in [-0.4, -0.2) is 93.1 Å². The lowest BCUT2D eigenvalue weighted by atomic mass is 9.94. The van der Waals surface area contributed by atoms with E-state index < -0.39 is 6.16 Å². The highest BCUT2D eigenvalue weighted by atomic mass is 16.7. The summed E-state index contributed by atoms with van der Waals surface area (Å²) >= 11 is 0. The summed E-state index contributed by atoms with van der Waals surface area (Å²) in [5.74, 6) is 0.139. The zero-order chi connectivity index (χ0) is 48.6. The van der Waals surface area contributed by atoms with Gasteiger partial charge < -0.3 is 23.8 Å². The van der Waals surface area contributed by atoms with Crippen LogP contribution in [0, 0.1) is 11.8 Å². The third-order valence-corrected chi connectivity index (χ3v) is 13.8. The van der Waals surface area contributed by atoms with E-state index in [1.165, 1.54) is 103 Å². The van der Waals surface area contributed by atoms with Gasteiger partial charge in [0.25, 0.3) is 0 Å². The predicted octanol–water partition coefficient (Wildman–Crippen LogP) is 16.2. The molecule has 0 aliphatic rings. The van der Waals surface area contributed by atoms with E-state index in [-0.39, 0.29) is 29.9 Å². The Balaban J connectivity index is 4.94. The van der Waals surface area contributed by atoms with Crippen LogP contribution in [0.15, 0.2) is 0 Å². The Bertz CT molecular complexity index is 1030. The topological polar surface area (TPSA) is 94.6 Å². The molecule has 0 rings (SSSR count). The normalized spacial score (nSPS) is 12.2. The molecule has 0 fully saturated rings. The quantitative estimate of drug-likeness (QED) is 0.0336. The molecule has 0 aromatic rings. The number of esters is 2. The van der Waals surface area contributed by atoms with E-state index in [0.717, 1.165) is 155 Å². The number of carbonyl (C=O) groups excluding carboxylic acids is 3. The molecule has 0 aromatic heterocycles. The summed E-state index contributed by atoms with van der Waals surface area (Å²) in [5, 5.41) is 0. The first-order valence-electron chi connectivity index (χ1n) is 28.9. The van der Waals surface area contributed by atoms with Crippen molar-refractivity contribution in [2.45, 2.75) is 279 Å². The summed E-state index contributed by atoms with van der Waals surface area (Å²) in [6, 6.07) is 0. The first-order valence-corrected chi connectivity index (χ1v) is 28.9. The lowest BCUT2D eigenvalue weighted by molar-refractivity contribution is -0.150. The van der Waals surface area contributed by atoms with Crippen LogP contribution in [-0.2, 0) is 28.5 Å². The number of rotatable bonds is 51. The second kappa shape index (κ2) is 49.5. The Kier molecular flexibility index (Phi) is 48.1. The number of unbranched alkanes of at least 4 members (excludes halogenated alkanes) is 23. The number of hydrogen-bond acceptors (Lipinski definition) is 9. The summed E-state index contributed by atoms with van der Waals surface area (Å²) < 4.78 is 23.3. The van der Waals surface area contributed by atoms with Crippen LogP contribution >= 0.6 is 0 Å². The predicted molar refractivity (Wildman–Crippen MR) is 279 cm³/mol. The lowest BCUT2D eigenvalue weighted by Gasteiger charge is -2.25. The van der Waals surface area contributed by atoms with Gasteiger partial charge in [-0.1, -0.05) is 209 Å². The maximum Gasteiger partial charge on any atom is 0.508 e. The van der Waals surface area contributed by atoms with Gasteiger partial charge in [0.05, 0.1) is 25.0 Å². The van der Waals surface area contributed by atoms with Crippen molar-refractivity contribution in [3.05, 3.63) is 0 Å². The summed E-state index contributed by atoms with van der Waals surface area (Å²) in [6.45, 7) is 22.5. The Morgan fingerprint density at radius 3 is 1.02 bits per heavy atom. The third-order valence-electron chi connectivity index (χ3n) is 13.8. The molecule has 0 N–H and O–H groups in total. The Hall–Kier alpha value is -1.87. The molecule has 0 amide bonds. The minimum absolute atomic E-state index is 0.0144. The van der Waals surface area contributed by atoms with E-state index >= 15 is 0 Å². The average Bonchev–Trinajstić information content (AvgIpc) is 3.32. The highest BCUT2D eigenvalue weighted by molar-refractivity contribution is 5.72. The number of ether oxygens (including phenoxy) is 4. The Morgan fingerprint density at radius 1 is 0.333 bits per heavy atom. The molecule has 9 nitrogen and oxygen atoms in total. The maximum atomic E-state index is 13.1. The molecule has 0 aliphatic heterocycles. The van der Waals surface area contributed by atoms with Gasteiger partial charge in [0.2, 0.25) is 0 Å². The molecule has 9 heteroatoms. The maximum absolute atomic E-state index is 13.1. The average molecular weight is 938 g/mol. The molecular weight excluding hydrogens is 825 g/mol. The second-order valence-electron chi connectivity index (χ2n) is 19.6. The summed E-state index contributed by atoms with van der Waals surface area (Å²) in [4.78, 5) is 43.9. The van der Waals surface area contributed by atoms with E-state index in [0.29, 0.717) is 26.4 Å². The van der Waals surface area contributed by atoms with E-state index in [2.05, 4.69) is 58.3 Å². The molecule has 0 radical (unpaired) electrons. The van der Waals surface area contributed by atoms with Gasteiger partial charge in [-0.2, -0.15) is 0 Å². The van der Waals surface area contributed by atoms with Gasteiger partial charge >= 0.3 is 18.1 Å². The van der Waals surface area contributed by atoms with E-state index in [1.54, 1.807) is 0 Å². The largest absolute Gasteiger partial charge is 0.508 e. The van der Waals surface area contributed by atoms with Crippen molar-refractivity contribution < 1.29 is 33.3 Å². The Morgan fingerprint density at radius 2 is 0.652 bits per heavy atom. The van der Waals surface area contributed by atoms with Crippen molar-refractivity contribution in [2.75, 3.05) is 59.1 Å².